The number of hydrogen-bond donors (Lipinski definition) is 1. The van der Waals surface area contributed by atoms with Gasteiger partial charge in [-0.25, -0.2) is 4.79 Å². The highest BCUT2D eigenvalue weighted by Crippen LogP contribution is 2.14. The number of benzene rings is 1. The maximum absolute atomic E-state index is 12.0. The minimum atomic E-state index is -0.325. The Morgan fingerprint density at radius 1 is 1.58 bits per heavy atom. The number of anilines is 1. The summed E-state index contributed by atoms with van der Waals surface area (Å²) in [5.74, 6) is -0.325. The quantitative estimate of drug-likeness (QED) is 0.653. The maximum atomic E-state index is 12.0. The normalized spacial score (nSPS) is 20.2. The van der Waals surface area contributed by atoms with Crippen LogP contribution in [0.3, 0.4) is 0 Å². The number of morpholine rings is 1. The number of nitrogen functional groups attached to an aromatic ring is 1. The highest BCUT2D eigenvalue weighted by atomic mass is 16.6. The third-order valence-electron chi connectivity index (χ3n) is 3.21. The molecule has 0 amide bonds. The van der Waals surface area contributed by atoms with Gasteiger partial charge in [0.1, 0.15) is 12.7 Å². The van der Waals surface area contributed by atoms with Crippen molar-refractivity contribution in [1.29, 1.82) is 0 Å². The molecule has 1 saturated heterocycles. The molecular formula is C14H20N2O3. The van der Waals surface area contributed by atoms with E-state index in [0.717, 1.165) is 18.7 Å². The van der Waals surface area contributed by atoms with Crippen LogP contribution in [0.15, 0.2) is 18.2 Å². The Morgan fingerprint density at radius 2 is 2.37 bits per heavy atom. The van der Waals surface area contributed by atoms with E-state index in [0.29, 0.717) is 17.9 Å². The van der Waals surface area contributed by atoms with Crippen LogP contribution in [0.4, 0.5) is 5.69 Å². The molecule has 19 heavy (non-hydrogen) atoms. The molecule has 1 unspecified atom stereocenters. The van der Waals surface area contributed by atoms with E-state index in [1.54, 1.807) is 18.2 Å². The summed E-state index contributed by atoms with van der Waals surface area (Å²) < 4.78 is 10.9. The maximum Gasteiger partial charge on any atom is 0.338 e. The van der Waals surface area contributed by atoms with Gasteiger partial charge in [-0.15, -0.1) is 0 Å². The molecule has 1 aliphatic heterocycles. The fraction of sp³-hybridized carbons (Fsp3) is 0.500. The van der Waals surface area contributed by atoms with E-state index in [-0.39, 0.29) is 18.7 Å². The number of rotatable bonds is 3. The van der Waals surface area contributed by atoms with Gasteiger partial charge in [-0.1, -0.05) is 0 Å². The Balaban J connectivity index is 1.90. The predicted molar refractivity (Wildman–Crippen MR) is 73.1 cm³/mol. The molecule has 0 radical (unpaired) electrons. The first-order valence-corrected chi connectivity index (χ1v) is 6.39. The van der Waals surface area contributed by atoms with Crippen LogP contribution in [-0.4, -0.2) is 50.3 Å². The van der Waals surface area contributed by atoms with E-state index < -0.39 is 0 Å². The standard InChI is InChI=1S/C14H20N2O3/c1-10-7-11(15)3-4-13(10)14(17)19-9-12-8-16(2)5-6-18-12/h3-4,7,12H,5-6,8-9,15H2,1-2H3. The molecule has 1 atom stereocenters. The fourth-order valence-electron chi connectivity index (χ4n) is 2.13. The van der Waals surface area contributed by atoms with Crippen molar-refractivity contribution in [2.24, 2.45) is 0 Å². The SMILES string of the molecule is Cc1cc(N)ccc1C(=O)OCC1CN(C)CCO1. The van der Waals surface area contributed by atoms with Crippen LogP contribution in [0.1, 0.15) is 15.9 Å². The van der Waals surface area contributed by atoms with Gasteiger partial charge in [0.15, 0.2) is 0 Å². The number of carbonyl (C=O) groups excluding carboxylic acids is 1. The summed E-state index contributed by atoms with van der Waals surface area (Å²) in [5, 5.41) is 0. The Morgan fingerprint density at radius 3 is 3.05 bits per heavy atom. The van der Waals surface area contributed by atoms with Gasteiger partial charge in [0.05, 0.1) is 12.2 Å². The molecule has 1 heterocycles. The number of nitrogens with zero attached hydrogens (tertiary/aromatic N) is 1. The van der Waals surface area contributed by atoms with E-state index in [9.17, 15) is 4.79 Å². The van der Waals surface area contributed by atoms with E-state index in [4.69, 9.17) is 15.2 Å². The zero-order valence-electron chi connectivity index (χ0n) is 11.4. The van der Waals surface area contributed by atoms with Crippen LogP contribution in [0.25, 0.3) is 0 Å². The Hall–Kier alpha value is -1.59. The number of likely N-dealkylation sites (N-methyl/N-ethyl adjacent to an activating group) is 1. The van der Waals surface area contributed by atoms with Crippen LogP contribution >= 0.6 is 0 Å². The second kappa shape index (κ2) is 6.04. The molecule has 1 aliphatic rings. The lowest BCUT2D eigenvalue weighted by atomic mass is 10.1. The van der Waals surface area contributed by atoms with Gasteiger partial charge in [0, 0.05) is 18.8 Å². The number of aryl methyl sites for hydroxylation is 1. The van der Waals surface area contributed by atoms with Crippen LogP contribution in [0, 0.1) is 6.92 Å². The Labute approximate surface area is 113 Å². The van der Waals surface area contributed by atoms with Gasteiger partial charge in [-0.2, -0.15) is 0 Å². The summed E-state index contributed by atoms with van der Waals surface area (Å²) in [4.78, 5) is 14.1. The van der Waals surface area contributed by atoms with Gasteiger partial charge in [-0.05, 0) is 37.7 Å². The molecule has 0 aliphatic carbocycles. The van der Waals surface area contributed by atoms with Gasteiger partial charge in [0.2, 0.25) is 0 Å². The predicted octanol–water partition coefficient (Wildman–Crippen LogP) is 1.06. The summed E-state index contributed by atoms with van der Waals surface area (Å²) in [6.07, 6.45) is -0.0446. The van der Waals surface area contributed by atoms with E-state index in [2.05, 4.69) is 4.90 Å². The molecule has 5 nitrogen and oxygen atoms in total. The van der Waals surface area contributed by atoms with E-state index in [1.165, 1.54) is 0 Å². The second-order valence-electron chi connectivity index (χ2n) is 4.93. The lowest BCUT2D eigenvalue weighted by Gasteiger charge is -2.29. The van der Waals surface area contributed by atoms with Gasteiger partial charge < -0.3 is 20.1 Å². The van der Waals surface area contributed by atoms with Gasteiger partial charge >= 0.3 is 5.97 Å². The van der Waals surface area contributed by atoms with E-state index >= 15 is 0 Å². The van der Waals surface area contributed by atoms with Crippen molar-refractivity contribution in [3.8, 4) is 0 Å². The third kappa shape index (κ3) is 3.68. The zero-order valence-corrected chi connectivity index (χ0v) is 11.4. The van der Waals surface area contributed by atoms with Gasteiger partial charge in [0.25, 0.3) is 0 Å². The smallest absolute Gasteiger partial charge is 0.338 e. The van der Waals surface area contributed by atoms with Gasteiger partial charge in [-0.3, -0.25) is 0 Å². The van der Waals surface area contributed by atoms with Crippen molar-refractivity contribution in [1.82, 2.24) is 4.90 Å². The van der Waals surface area contributed by atoms with Crippen molar-refractivity contribution in [3.63, 3.8) is 0 Å². The van der Waals surface area contributed by atoms with Crippen molar-refractivity contribution < 1.29 is 14.3 Å². The number of carbonyl (C=O) groups is 1. The Kier molecular flexibility index (Phi) is 4.39. The molecule has 104 valence electrons. The minimum absolute atomic E-state index is 0.0446. The van der Waals surface area contributed by atoms with Crippen molar-refractivity contribution in [3.05, 3.63) is 29.3 Å². The molecule has 0 saturated carbocycles. The summed E-state index contributed by atoms with van der Waals surface area (Å²) >= 11 is 0. The first-order chi connectivity index (χ1) is 9.06. The molecule has 1 aromatic carbocycles. The number of hydrogen-bond acceptors (Lipinski definition) is 5. The lowest BCUT2D eigenvalue weighted by molar-refractivity contribution is -0.0528. The first-order valence-electron chi connectivity index (χ1n) is 6.39. The molecule has 2 rings (SSSR count). The van der Waals surface area contributed by atoms with Crippen LogP contribution in [-0.2, 0) is 9.47 Å². The zero-order chi connectivity index (χ0) is 13.8. The highest BCUT2D eigenvalue weighted by molar-refractivity contribution is 5.91. The molecular weight excluding hydrogens is 244 g/mol. The molecule has 2 N–H and O–H groups in total. The molecule has 0 spiro atoms. The molecule has 1 aromatic rings. The number of ether oxygens (including phenoxy) is 2. The minimum Gasteiger partial charge on any atom is -0.459 e. The van der Waals surface area contributed by atoms with Crippen molar-refractivity contribution >= 4 is 11.7 Å². The van der Waals surface area contributed by atoms with Crippen molar-refractivity contribution in [2.45, 2.75) is 13.0 Å². The van der Waals surface area contributed by atoms with Crippen LogP contribution in [0.2, 0.25) is 0 Å². The molecule has 0 bridgehead atoms. The topological polar surface area (TPSA) is 64.8 Å². The molecule has 0 aromatic heterocycles. The average Bonchev–Trinajstić information content (AvgIpc) is 2.36. The molecule has 1 fully saturated rings. The van der Waals surface area contributed by atoms with E-state index in [1.807, 2.05) is 14.0 Å². The lowest BCUT2D eigenvalue weighted by Crippen LogP contribution is -2.42. The van der Waals surface area contributed by atoms with Crippen molar-refractivity contribution in [2.75, 3.05) is 39.1 Å². The van der Waals surface area contributed by atoms with Crippen LogP contribution < -0.4 is 5.73 Å². The van der Waals surface area contributed by atoms with Crippen LogP contribution in [0.5, 0.6) is 0 Å². The largest absolute Gasteiger partial charge is 0.459 e. The summed E-state index contributed by atoms with van der Waals surface area (Å²) in [7, 11) is 2.03. The Bertz CT molecular complexity index is 462. The number of nitrogens with two attached hydrogens (primary N) is 1. The average molecular weight is 264 g/mol. The monoisotopic (exact) mass is 264 g/mol. The summed E-state index contributed by atoms with van der Waals surface area (Å²) in [6.45, 7) is 4.51. The highest BCUT2D eigenvalue weighted by Gasteiger charge is 2.20. The summed E-state index contributed by atoms with van der Waals surface area (Å²) in [6, 6.07) is 5.16. The molecule has 5 heteroatoms. The first kappa shape index (κ1) is 13.8. The second-order valence-corrected chi connectivity index (χ2v) is 4.93. The number of esters is 1. The summed E-state index contributed by atoms with van der Waals surface area (Å²) in [5.41, 5.74) is 7.68. The fourth-order valence-corrected chi connectivity index (χ4v) is 2.13. The third-order valence-corrected chi connectivity index (χ3v) is 3.21.